The van der Waals surface area contributed by atoms with Crippen molar-refractivity contribution in [3.63, 3.8) is 0 Å². The van der Waals surface area contributed by atoms with Crippen LogP contribution in [-0.2, 0) is 49.7 Å². The fourth-order valence-corrected chi connectivity index (χ4v) is 10.4. The molecule has 1 rings (SSSR count). The fraction of sp³-hybridized carbons (Fsp3) is 0.455. The molecule has 17 heteroatoms. The lowest BCUT2D eigenvalue weighted by Crippen LogP contribution is -2.36. The number of benzene rings is 1. The van der Waals surface area contributed by atoms with Crippen molar-refractivity contribution in [2.45, 2.75) is 3.91 Å². The average Bonchev–Trinajstić information content (AvgIpc) is 2.30. The Labute approximate surface area is 164 Å². The van der Waals surface area contributed by atoms with Gasteiger partial charge >= 0.3 is 10.1 Å². The van der Waals surface area contributed by atoms with Gasteiger partial charge in [-0.2, -0.15) is 16.8 Å². The highest BCUT2D eigenvalue weighted by Crippen LogP contribution is 2.13. The minimum absolute atomic E-state index is 0.0983. The maximum atomic E-state index is 11.2. The number of hydrogen-bond acceptors (Lipinski definition) is 11. The smallest absolute Gasteiger partial charge is 0.323 e. The fourth-order valence-electron chi connectivity index (χ4n) is 1.67. The van der Waals surface area contributed by atoms with E-state index < -0.39 is 58.7 Å². The van der Waals surface area contributed by atoms with Crippen LogP contribution in [0.3, 0.4) is 0 Å². The van der Waals surface area contributed by atoms with Gasteiger partial charge in [-0.15, -0.1) is 0 Å². The highest BCUT2D eigenvalue weighted by molar-refractivity contribution is 8.22. The van der Waals surface area contributed by atoms with Crippen LogP contribution in [0, 0.1) is 0 Å². The molecule has 0 heterocycles. The second-order valence-corrected chi connectivity index (χ2v) is 16.2. The molecule has 0 bridgehead atoms. The van der Waals surface area contributed by atoms with Gasteiger partial charge in [0.05, 0.1) is 0 Å². The monoisotopic (exact) mass is 502 g/mol. The summed E-state index contributed by atoms with van der Waals surface area (Å²) in [5, 5.41) is -1.02. The van der Waals surface area contributed by atoms with Crippen LogP contribution < -0.4 is 4.18 Å². The molecule has 0 fully saturated rings. The average molecular weight is 503 g/mol. The van der Waals surface area contributed by atoms with Gasteiger partial charge < -0.3 is 4.18 Å². The summed E-state index contributed by atoms with van der Waals surface area (Å²) >= 11 is 0. The van der Waals surface area contributed by atoms with E-state index in [1.807, 2.05) is 0 Å². The molecule has 12 nitrogen and oxygen atoms in total. The molecule has 1 N–H and O–H groups in total. The molecule has 1 aromatic rings. The molecular formula is C11H18O12S5. The standard InChI is InChI=1S/C8H10O5S2.C3H8O7S3/c1-14(9,10)7-15(11,12)13-8-5-3-2-4-6-8;1-11(4,5)3(12(2,6)7)13(8,9)10/h2-6H,7H2,1H3;3H,1-2H3,(H,8,9,10). The maximum Gasteiger partial charge on any atom is 0.323 e. The minimum Gasteiger partial charge on any atom is -0.382 e. The molecule has 0 saturated carbocycles. The van der Waals surface area contributed by atoms with Crippen LogP contribution in [-0.4, -0.2) is 74.4 Å². The topological polar surface area (TPSA) is 200 Å². The summed E-state index contributed by atoms with van der Waals surface area (Å²) in [6, 6.07) is 7.73. The highest BCUT2D eigenvalue weighted by Gasteiger charge is 2.42. The summed E-state index contributed by atoms with van der Waals surface area (Å²) in [7, 11) is -21.7. The summed E-state index contributed by atoms with van der Waals surface area (Å²) in [6.45, 7) is 0. The van der Waals surface area contributed by atoms with Crippen LogP contribution in [0.4, 0.5) is 0 Å². The Balaban J connectivity index is 0.000000528. The molecule has 0 aromatic heterocycles. The Hall–Kier alpha value is -1.27. The van der Waals surface area contributed by atoms with E-state index in [-0.39, 0.29) is 5.75 Å². The van der Waals surface area contributed by atoms with Crippen LogP contribution in [0.2, 0.25) is 0 Å². The first-order valence-electron chi connectivity index (χ1n) is 6.64. The Bertz CT molecular complexity index is 1120. The summed E-state index contributed by atoms with van der Waals surface area (Å²) in [5.74, 6) is 0.0983. The van der Waals surface area contributed by atoms with Crippen molar-refractivity contribution in [1.29, 1.82) is 0 Å². The van der Waals surface area contributed by atoms with Crippen molar-refractivity contribution < 1.29 is 50.8 Å². The first-order valence-corrected chi connectivity index (χ1v) is 15.7. The lowest BCUT2D eigenvalue weighted by Gasteiger charge is -2.08. The third-order valence-corrected chi connectivity index (χ3v) is 13.1. The molecule has 0 saturated heterocycles. The first-order chi connectivity index (χ1) is 12.2. The summed E-state index contributed by atoms with van der Waals surface area (Å²) in [4.78, 5) is 0. The molecule has 28 heavy (non-hydrogen) atoms. The number of para-hydroxylation sites is 1. The molecule has 0 aliphatic rings. The largest absolute Gasteiger partial charge is 0.382 e. The van der Waals surface area contributed by atoms with E-state index in [0.717, 1.165) is 6.26 Å². The molecule has 0 atom stereocenters. The van der Waals surface area contributed by atoms with Gasteiger partial charge in [0.25, 0.3) is 14.0 Å². The summed E-state index contributed by atoms with van der Waals surface area (Å²) in [5.41, 5.74) is 0. The van der Waals surface area contributed by atoms with E-state index in [9.17, 15) is 42.1 Å². The van der Waals surface area contributed by atoms with Crippen molar-refractivity contribution in [2.75, 3.05) is 23.9 Å². The van der Waals surface area contributed by atoms with Gasteiger partial charge in [0.1, 0.15) is 5.75 Å². The normalized spacial score (nSPS) is 13.5. The van der Waals surface area contributed by atoms with Gasteiger partial charge in [0, 0.05) is 18.8 Å². The van der Waals surface area contributed by atoms with E-state index in [1.54, 1.807) is 18.2 Å². The summed E-state index contributed by atoms with van der Waals surface area (Å²) in [6.07, 6.45) is 1.65. The van der Waals surface area contributed by atoms with Crippen molar-refractivity contribution in [2.24, 2.45) is 0 Å². The number of sulfone groups is 3. The van der Waals surface area contributed by atoms with E-state index >= 15 is 0 Å². The third kappa shape index (κ3) is 10.9. The van der Waals surface area contributed by atoms with Gasteiger partial charge in [-0.3, -0.25) is 4.55 Å². The molecule has 164 valence electrons. The molecule has 0 aliphatic carbocycles. The van der Waals surface area contributed by atoms with E-state index in [4.69, 9.17) is 4.55 Å². The van der Waals surface area contributed by atoms with Crippen molar-refractivity contribution >= 4 is 49.7 Å². The Morgan fingerprint density at radius 3 is 1.43 bits per heavy atom. The van der Waals surface area contributed by atoms with Gasteiger partial charge in [0.2, 0.25) is 0 Å². The number of hydrogen-bond donors (Lipinski definition) is 1. The van der Waals surface area contributed by atoms with E-state index in [1.165, 1.54) is 12.1 Å². The highest BCUT2D eigenvalue weighted by atomic mass is 32.3. The SMILES string of the molecule is CS(=O)(=O)C(S(C)(=O)=O)S(=O)(=O)O.CS(=O)(=O)CS(=O)(=O)Oc1ccccc1. The molecule has 0 aliphatic heterocycles. The van der Waals surface area contributed by atoms with Crippen molar-refractivity contribution in [3.05, 3.63) is 30.3 Å². The maximum absolute atomic E-state index is 11.2. The van der Waals surface area contributed by atoms with Crippen molar-refractivity contribution in [1.82, 2.24) is 0 Å². The Kier molecular flexibility index (Phi) is 8.63. The molecule has 1 aromatic carbocycles. The van der Waals surface area contributed by atoms with Gasteiger partial charge in [-0.1, -0.05) is 18.2 Å². The third-order valence-electron chi connectivity index (χ3n) is 2.27. The predicted molar refractivity (Wildman–Crippen MR) is 101 cm³/mol. The molecular weight excluding hydrogens is 484 g/mol. The Morgan fingerprint density at radius 2 is 1.18 bits per heavy atom. The lowest BCUT2D eigenvalue weighted by atomic mass is 10.3. The zero-order valence-corrected chi connectivity index (χ0v) is 18.7. The molecule has 0 amide bonds. The molecule has 0 spiro atoms. The second kappa shape index (κ2) is 9.04. The number of rotatable bonds is 7. The van der Waals surface area contributed by atoms with Crippen molar-refractivity contribution in [3.8, 4) is 5.75 Å². The second-order valence-electron chi connectivity index (χ2n) is 5.46. The van der Waals surface area contributed by atoms with Gasteiger partial charge in [-0.25, -0.2) is 25.3 Å². The zero-order valence-electron chi connectivity index (χ0n) is 14.7. The van der Waals surface area contributed by atoms with Crippen LogP contribution >= 0.6 is 0 Å². The summed E-state index contributed by atoms with van der Waals surface area (Å²) < 4.78 is 118. The van der Waals surface area contributed by atoms with Crippen LogP contribution in [0.15, 0.2) is 30.3 Å². The van der Waals surface area contributed by atoms with Gasteiger partial charge in [0.15, 0.2) is 34.6 Å². The first kappa shape index (κ1) is 26.7. The zero-order chi connectivity index (χ0) is 22.6. The van der Waals surface area contributed by atoms with Crippen LogP contribution in [0.5, 0.6) is 5.75 Å². The van der Waals surface area contributed by atoms with Crippen LogP contribution in [0.25, 0.3) is 0 Å². The Morgan fingerprint density at radius 1 is 0.786 bits per heavy atom. The minimum atomic E-state index is -5.16. The molecule has 0 radical (unpaired) electrons. The predicted octanol–water partition coefficient (Wildman–Crippen LogP) is -1.36. The van der Waals surface area contributed by atoms with Gasteiger partial charge in [-0.05, 0) is 12.1 Å². The van der Waals surface area contributed by atoms with Crippen LogP contribution in [0.1, 0.15) is 0 Å². The van der Waals surface area contributed by atoms with E-state index in [2.05, 4.69) is 4.18 Å². The quantitative estimate of drug-likeness (QED) is 0.340. The van der Waals surface area contributed by atoms with E-state index in [0.29, 0.717) is 12.5 Å². The lowest BCUT2D eigenvalue weighted by molar-refractivity contribution is 0.482. The molecule has 0 unspecified atom stereocenters.